The van der Waals surface area contributed by atoms with E-state index in [1.165, 1.54) is 7.11 Å². The lowest BCUT2D eigenvalue weighted by Gasteiger charge is -2.21. The molecule has 5 atom stereocenters. The summed E-state index contributed by atoms with van der Waals surface area (Å²) in [6, 6.07) is -0.595. The van der Waals surface area contributed by atoms with Crippen LogP contribution in [0.4, 0.5) is 0 Å². The van der Waals surface area contributed by atoms with Crippen LogP contribution < -0.4 is 0 Å². The molecule has 0 N–H and O–H groups in total. The molecule has 2 aliphatic rings. The normalized spacial score (nSPS) is 48.6. The molecule has 2 fully saturated rings. The Morgan fingerprint density at radius 3 is 2.88 bits per heavy atom. The van der Waals surface area contributed by atoms with Crippen LogP contribution in [0.1, 0.15) is 13.3 Å². The summed E-state index contributed by atoms with van der Waals surface area (Å²) in [6.45, 7) is 1.74. The van der Waals surface area contributed by atoms with Gasteiger partial charge in [-0.15, -0.1) is 0 Å². The molecule has 2 saturated heterocycles. The van der Waals surface area contributed by atoms with Gasteiger partial charge in [-0.2, -0.15) is 0 Å². The zero-order chi connectivity index (χ0) is 11.8. The van der Waals surface area contributed by atoms with Crippen molar-refractivity contribution in [3.8, 4) is 0 Å². The van der Waals surface area contributed by atoms with Crippen molar-refractivity contribution in [3.05, 3.63) is 0 Å². The van der Waals surface area contributed by atoms with Crippen LogP contribution in [0, 0.1) is 0 Å². The number of rotatable bonds is 2. The number of ether oxygens (including phenoxy) is 2. The van der Waals surface area contributed by atoms with Gasteiger partial charge in [-0.3, -0.25) is 13.6 Å². The first-order valence-electron chi connectivity index (χ1n) is 5.11. The lowest BCUT2D eigenvalue weighted by molar-refractivity contribution is -0.0484. The molecule has 16 heavy (non-hydrogen) atoms. The second-order valence-corrected chi connectivity index (χ2v) is 5.35. The Morgan fingerprint density at radius 2 is 2.25 bits per heavy atom. The zero-order valence-corrected chi connectivity index (χ0v) is 10.1. The number of fused-ring (bicyclic) bond motifs is 1. The average molecular weight is 248 g/mol. The summed E-state index contributed by atoms with van der Waals surface area (Å²) < 4.78 is 37.6. The van der Waals surface area contributed by atoms with E-state index in [2.05, 4.69) is 0 Å². The van der Waals surface area contributed by atoms with E-state index in [0.29, 0.717) is 6.42 Å². The maximum absolute atomic E-state index is 11.9. The first kappa shape index (κ1) is 12.5. The second kappa shape index (κ2) is 4.76. The van der Waals surface area contributed by atoms with E-state index in [-0.39, 0.29) is 12.9 Å². The minimum atomic E-state index is -3.55. The van der Waals surface area contributed by atoms with Crippen LogP contribution in [-0.2, 0) is 27.6 Å². The molecular weight excluding hydrogens is 234 g/mol. The van der Waals surface area contributed by atoms with E-state index in [1.807, 2.05) is 6.92 Å². The minimum absolute atomic E-state index is 0.181. The summed E-state index contributed by atoms with van der Waals surface area (Å²) in [5.74, 6) is 0. The maximum Gasteiger partial charge on any atom is 0.477 e. The van der Waals surface area contributed by atoms with Crippen molar-refractivity contribution in [1.29, 1.82) is 0 Å². The molecule has 0 spiro atoms. The largest absolute Gasteiger partial charge is 0.477 e. The van der Waals surface area contributed by atoms with E-state index in [1.54, 1.807) is 0 Å². The number of phosphoric acid groups is 1. The highest BCUT2D eigenvalue weighted by Gasteiger charge is 2.49. The third-order valence-corrected chi connectivity index (χ3v) is 4.06. The van der Waals surface area contributed by atoms with Gasteiger partial charge in [-0.25, -0.2) is 4.57 Å². The molecule has 6 nitrogen and oxygen atoms in total. The highest BCUT2D eigenvalue weighted by atomic mass is 31.2. The van der Waals surface area contributed by atoms with E-state index in [9.17, 15) is 4.57 Å². The Hall–Kier alpha value is 0.0949. The van der Waals surface area contributed by atoms with Crippen molar-refractivity contribution in [2.75, 3.05) is 13.9 Å². The summed E-state index contributed by atoms with van der Waals surface area (Å²) in [5, 5.41) is 0. The molecule has 2 rings (SSSR count). The van der Waals surface area contributed by atoms with Gasteiger partial charge < -0.3 is 9.47 Å². The van der Waals surface area contributed by atoms with E-state index >= 15 is 0 Å². The van der Waals surface area contributed by atoms with Gasteiger partial charge in [0.1, 0.15) is 20.1 Å². The van der Waals surface area contributed by atoms with E-state index in [4.69, 9.17) is 30.9 Å². The molecule has 0 aromatic rings. The Bertz CT molecular complexity index is 300. The van der Waals surface area contributed by atoms with E-state index < -0.39 is 26.0 Å². The molecule has 0 bridgehead atoms. The summed E-state index contributed by atoms with van der Waals surface area (Å²) >= 11 is 0. The van der Waals surface area contributed by atoms with Gasteiger partial charge in [-0.05, 0) is 6.42 Å². The van der Waals surface area contributed by atoms with Crippen molar-refractivity contribution in [2.24, 2.45) is 0 Å². The first-order chi connectivity index (χ1) is 7.59. The summed E-state index contributed by atoms with van der Waals surface area (Å²) in [7, 11) is 3.46. The van der Waals surface area contributed by atoms with Crippen LogP contribution in [0.3, 0.4) is 0 Å². The highest BCUT2D eigenvalue weighted by Crippen LogP contribution is 2.53. The van der Waals surface area contributed by atoms with Crippen molar-refractivity contribution in [2.45, 2.75) is 37.7 Å². The van der Waals surface area contributed by atoms with Gasteiger partial charge in [0.05, 0.1) is 6.10 Å². The topological polar surface area (TPSA) is 63.2 Å². The summed E-state index contributed by atoms with van der Waals surface area (Å²) in [5.41, 5.74) is 0. The predicted molar refractivity (Wildman–Crippen MR) is 55.0 cm³/mol. The van der Waals surface area contributed by atoms with Gasteiger partial charge >= 0.3 is 7.82 Å². The van der Waals surface area contributed by atoms with Crippen molar-refractivity contribution in [1.82, 2.24) is 0 Å². The van der Waals surface area contributed by atoms with Crippen LogP contribution in [0.25, 0.3) is 0 Å². The lowest BCUT2D eigenvalue weighted by atomic mass is 9.92. The van der Waals surface area contributed by atoms with Gasteiger partial charge in [-0.1, -0.05) is 6.92 Å². The fourth-order valence-corrected chi connectivity index (χ4v) is 2.85. The molecule has 2 aliphatic heterocycles. The first-order valence-corrected chi connectivity index (χ1v) is 6.57. The van der Waals surface area contributed by atoms with Crippen molar-refractivity contribution >= 4 is 15.7 Å². The van der Waals surface area contributed by atoms with Crippen LogP contribution in [0.5, 0.6) is 0 Å². The lowest BCUT2D eigenvalue weighted by Crippen LogP contribution is -2.35. The molecule has 0 aliphatic carbocycles. The third-order valence-electron chi connectivity index (χ3n) is 2.69. The van der Waals surface area contributed by atoms with Gasteiger partial charge in [0.2, 0.25) is 0 Å². The Labute approximate surface area is 95.6 Å². The van der Waals surface area contributed by atoms with Gasteiger partial charge in [0.25, 0.3) is 0 Å². The number of phosphoric ester groups is 1. The molecule has 3 unspecified atom stereocenters. The Kier molecular flexibility index (Phi) is 3.73. The molecular formula is C8H14BO6P. The Morgan fingerprint density at radius 1 is 1.50 bits per heavy atom. The van der Waals surface area contributed by atoms with Crippen LogP contribution >= 0.6 is 7.82 Å². The Balaban J connectivity index is 2.18. The number of hydrogen-bond acceptors (Lipinski definition) is 6. The van der Waals surface area contributed by atoms with Crippen molar-refractivity contribution in [3.63, 3.8) is 0 Å². The second-order valence-electron chi connectivity index (χ2n) is 3.63. The molecule has 0 aromatic heterocycles. The molecule has 8 heteroatoms. The van der Waals surface area contributed by atoms with E-state index in [0.717, 1.165) is 0 Å². The van der Waals surface area contributed by atoms with Crippen molar-refractivity contribution < 1.29 is 27.6 Å². The van der Waals surface area contributed by atoms with Crippen LogP contribution in [0.15, 0.2) is 0 Å². The summed E-state index contributed by atoms with van der Waals surface area (Å²) in [6.07, 6.45) is -0.573. The zero-order valence-electron chi connectivity index (χ0n) is 9.20. The SMILES string of the molecule is [B][C@@H]1O[C@H](CC)C2OP(=O)(OC)OCOC21. The maximum atomic E-state index is 11.9. The molecule has 0 saturated carbocycles. The summed E-state index contributed by atoms with van der Waals surface area (Å²) in [4.78, 5) is 0. The number of hydrogen-bond donors (Lipinski definition) is 0. The molecule has 2 radical (unpaired) electrons. The fourth-order valence-electron chi connectivity index (χ4n) is 1.85. The highest BCUT2D eigenvalue weighted by molar-refractivity contribution is 7.48. The van der Waals surface area contributed by atoms with Crippen LogP contribution in [-0.4, -0.2) is 46.1 Å². The molecule has 0 amide bonds. The molecule has 2 heterocycles. The quantitative estimate of drug-likeness (QED) is 0.532. The standard InChI is InChI=1S/C8H14BO6P/c1-3-5-6-7(8(9)14-5)12-4-13-16(10,11-2)15-6/h5-8H,3-4H2,1-2H3/t5-,6?,7?,8-,16?/m1/s1. The smallest absolute Gasteiger partial charge is 0.379 e. The minimum Gasteiger partial charge on any atom is -0.379 e. The molecule has 0 aromatic carbocycles. The monoisotopic (exact) mass is 248 g/mol. The average Bonchev–Trinajstić information content (AvgIpc) is 2.48. The molecule has 90 valence electrons. The third kappa shape index (κ3) is 2.21. The predicted octanol–water partition coefficient (Wildman–Crippen LogP) is 0.802. The van der Waals surface area contributed by atoms with Crippen LogP contribution in [0.2, 0.25) is 0 Å². The van der Waals surface area contributed by atoms with Gasteiger partial charge in [0.15, 0.2) is 6.79 Å². The van der Waals surface area contributed by atoms with Gasteiger partial charge in [0, 0.05) is 13.1 Å². The fraction of sp³-hybridized carbons (Fsp3) is 1.00.